The first-order valence-electron chi connectivity index (χ1n) is 7.02. The van der Waals surface area contributed by atoms with E-state index in [0.29, 0.717) is 16.9 Å². The summed E-state index contributed by atoms with van der Waals surface area (Å²) in [6, 6.07) is 12.2. The van der Waals surface area contributed by atoms with E-state index in [1.54, 1.807) is 30.3 Å². The standard InChI is InChI=1S/C18H14O5/c1-11(19)22-14-7-4-12(5-8-14)2-3-13-6-9-15-16(10-13)18(21)23-17(15)20/h2-10,18,21H,1H3. The van der Waals surface area contributed by atoms with Gasteiger partial charge < -0.3 is 14.6 Å². The molecule has 1 atom stereocenters. The van der Waals surface area contributed by atoms with E-state index in [2.05, 4.69) is 0 Å². The van der Waals surface area contributed by atoms with Gasteiger partial charge in [-0.2, -0.15) is 0 Å². The van der Waals surface area contributed by atoms with Crippen molar-refractivity contribution in [1.82, 2.24) is 0 Å². The Kier molecular flexibility index (Phi) is 3.95. The minimum absolute atomic E-state index is 0.359. The average Bonchev–Trinajstić information content (AvgIpc) is 2.80. The van der Waals surface area contributed by atoms with Crippen LogP contribution in [0, 0.1) is 0 Å². The van der Waals surface area contributed by atoms with Crippen molar-refractivity contribution in [1.29, 1.82) is 0 Å². The highest BCUT2D eigenvalue weighted by Crippen LogP contribution is 2.29. The summed E-state index contributed by atoms with van der Waals surface area (Å²) < 4.78 is 9.71. The van der Waals surface area contributed by atoms with E-state index in [0.717, 1.165) is 11.1 Å². The molecule has 1 aliphatic heterocycles. The molecule has 3 rings (SSSR count). The summed E-state index contributed by atoms with van der Waals surface area (Å²) in [5.41, 5.74) is 2.63. The highest BCUT2D eigenvalue weighted by Gasteiger charge is 2.29. The number of carbonyl (C=O) groups is 2. The Morgan fingerprint density at radius 1 is 1.13 bits per heavy atom. The maximum atomic E-state index is 11.4. The van der Waals surface area contributed by atoms with E-state index in [-0.39, 0.29) is 5.97 Å². The number of hydrogen-bond acceptors (Lipinski definition) is 5. The topological polar surface area (TPSA) is 72.8 Å². The van der Waals surface area contributed by atoms with Crippen LogP contribution in [0.4, 0.5) is 0 Å². The van der Waals surface area contributed by atoms with E-state index < -0.39 is 12.3 Å². The van der Waals surface area contributed by atoms with E-state index in [1.807, 2.05) is 24.3 Å². The Bertz CT molecular complexity index is 790. The largest absolute Gasteiger partial charge is 0.428 e. The van der Waals surface area contributed by atoms with Crippen LogP contribution >= 0.6 is 0 Å². The van der Waals surface area contributed by atoms with Crippen molar-refractivity contribution in [2.45, 2.75) is 13.2 Å². The number of benzene rings is 2. The van der Waals surface area contributed by atoms with Crippen LogP contribution in [-0.4, -0.2) is 17.0 Å². The number of aliphatic hydroxyl groups excluding tert-OH is 1. The lowest BCUT2D eigenvalue weighted by Gasteiger charge is -2.02. The van der Waals surface area contributed by atoms with Gasteiger partial charge in [0.2, 0.25) is 6.29 Å². The molecule has 0 aliphatic carbocycles. The quantitative estimate of drug-likeness (QED) is 0.536. The summed E-state index contributed by atoms with van der Waals surface area (Å²) in [5, 5.41) is 9.66. The molecule has 1 unspecified atom stereocenters. The third-order valence-electron chi connectivity index (χ3n) is 3.39. The third-order valence-corrected chi connectivity index (χ3v) is 3.39. The Balaban J connectivity index is 1.77. The average molecular weight is 310 g/mol. The smallest absolute Gasteiger partial charge is 0.341 e. The van der Waals surface area contributed by atoms with Gasteiger partial charge in [-0.15, -0.1) is 0 Å². The van der Waals surface area contributed by atoms with Gasteiger partial charge in [-0.3, -0.25) is 4.79 Å². The van der Waals surface area contributed by atoms with Crippen molar-refractivity contribution >= 4 is 24.1 Å². The molecule has 1 aliphatic rings. The Morgan fingerprint density at radius 3 is 2.48 bits per heavy atom. The lowest BCUT2D eigenvalue weighted by Crippen LogP contribution is -2.00. The van der Waals surface area contributed by atoms with E-state index in [1.165, 1.54) is 6.92 Å². The van der Waals surface area contributed by atoms with Crippen LogP contribution in [-0.2, 0) is 9.53 Å². The maximum absolute atomic E-state index is 11.4. The van der Waals surface area contributed by atoms with Crippen LogP contribution in [0.3, 0.4) is 0 Å². The van der Waals surface area contributed by atoms with E-state index >= 15 is 0 Å². The molecule has 0 radical (unpaired) electrons. The van der Waals surface area contributed by atoms with Gasteiger partial charge in [0, 0.05) is 12.5 Å². The maximum Gasteiger partial charge on any atom is 0.341 e. The second-order valence-electron chi connectivity index (χ2n) is 5.10. The summed E-state index contributed by atoms with van der Waals surface area (Å²) in [4.78, 5) is 22.3. The number of hydrogen-bond donors (Lipinski definition) is 1. The predicted octanol–water partition coefficient (Wildman–Crippen LogP) is 2.94. The van der Waals surface area contributed by atoms with Crippen molar-refractivity contribution in [3.8, 4) is 5.75 Å². The first-order valence-corrected chi connectivity index (χ1v) is 7.02. The molecule has 1 heterocycles. The van der Waals surface area contributed by atoms with Gasteiger partial charge >= 0.3 is 11.9 Å². The van der Waals surface area contributed by atoms with Gasteiger partial charge in [0.1, 0.15) is 5.75 Å². The number of ether oxygens (including phenoxy) is 2. The minimum atomic E-state index is -1.20. The molecule has 2 aromatic carbocycles. The molecule has 23 heavy (non-hydrogen) atoms. The normalized spacial score (nSPS) is 16.3. The molecule has 1 N–H and O–H groups in total. The molecule has 0 bridgehead atoms. The van der Waals surface area contributed by atoms with Crippen molar-refractivity contribution in [2.75, 3.05) is 0 Å². The van der Waals surface area contributed by atoms with Gasteiger partial charge in [0.25, 0.3) is 0 Å². The first kappa shape index (κ1) is 15.0. The fraction of sp³-hybridized carbons (Fsp3) is 0.111. The molecule has 0 amide bonds. The molecule has 5 nitrogen and oxygen atoms in total. The van der Waals surface area contributed by atoms with E-state index in [9.17, 15) is 14.7 Å². The molecule has 5 heteroatoms. The number of fused-ring (bicyclic) bond motifs is 1. The highest BCUT2D eigenvalue weighted by atomic mass is 16.6. The number of esters is 2. The van der Waals surface area contributed by atoms with Crippen LogP contribution in [0.5, 0.6) is 5.75 Å². The number of aliphatic hydroxyl groups is 1. The fourth-order valence-electron chi connectivity index (χ4n) is 2.31. The molecular weight excluding hydrogens is 296 g/mol. The summed E-state index contributed by atoms with van der Waals surface area (Å²) in [6.45, 7) is 1.35. The molecule has 0 fully saturated rings. The van der Waals surface area contributed by atoms with Crippen molar-refractivity contribution in [2.24, 2.45) is 0 Å². The van der Waals surface area contributed by atoms with Gasteiger partial charge in [-0.25, -0.2) is 4.79 Å². The molecule has 116 valence electrons. The Labute approximate surface area is 132 Å². The lowest BCUT2D eigenvalue weighted by atomic mass is 10.0. The van der Waals surface area contributed by atoms with Crippen LogP contribution < -0.4 is 4.74 Å². The Morgan fingerprint density at radius 2 is 1.78 bits per heavy atom. The summed E-state index contributed by atoms with van der Waals surface area (Å²) in [5.74, 6) is -0.378. The summed E-state index contributed by atoms with van der Waals surface area (Å²) >= 11 is 0. The molecule has 0 saturated heterocycles. The zero-order chi connectivity index (χ0) is 16.4. The zero-order valence-corrected chi connectivity index (χ0v) is 12.4. The van der Waals surface area contributed by atoms with Gasteiger partial charge in [0.05, 0.1) is 5.56 Å². The number of carbonyl (C=O) groups excluding carboxylic acids is 2. The molecule has 0 saturated carbocycles. The SMILES string of the molecule is CC(=O)Oc1ccc(C=Cc2ccc3c(c2)C(O)OC3=O)cc1. The summed E-state index contributed by atoms with van der Waals surface area (Å²) in [6.07, 6.45) is 2.54. The van der Waals surface area contributed by atoms with Crippen LogP contribution in [0.2, 0.25) is 0 Å². The van der Waals surface area contributed by atoms with Gasteiger partial charge in [-0.05, 0) is 35.4 Å². The van der Waals surface area contributed by atoms with Crippen LogP contribution in [0.25, 0.3) is 12.2 Å². The Hall–Kier alpha value is -2.92. The van der Waals surface area contributed by atoms with Crippen molar-refractivity contribution < 1.29 is 24.2 Å². The zero-order valence-electron chi connectivity index (χ0n) is 12.4. The first-order chi connectivity index (χ1) is 11.0. The van der Waals surface area contributed by atoms with Crippen molar-refractivity contribution in [3.63, 3.8) is 0 Å². The second-order valence-corrected chi connectivity index (χ2v) is 5.10. The van der Waals surface area contributed by atoms with Gasteiger partial charge in [0.15, 0.2) is 0 Å². The molecule has 2 aromatic rings. The lowest BCUT2D eigenvalue weighted by molar-refractivity contribution is -0.131. The molecule has 0 aromatic heterocycles. The van der Waals surface area contributed by atoms with Crippen molar-refractivity contribution in [3.05, 3.63) is 64.7 Å². The summed E-state index contributed by atoms with van der Waals surface area (Å²) in [7, 11) is 0. The monoisotopic (exact) mass is 310 g/mol. The third kappa shape index (κ3) is 3.30. The fourth-order valence-corrected chi connectivity index (χ4v) is 2.31. The second kappa shape index (κ2) is 6.06. The molecular formula is C18H14O5. The van der Waals surface area contributed by atoms with Crippen LogP contribution in [0.1, 0.15) is 40.3 Å². The number of cyclic esters (lactones) is 1. The number of rotatable bonds is 3. The predicted molar refractivity (Wildman–Crippen MR) is 83.5 cm³/mol. The molecule has 0 spiro atoms. The highest BCUT2D eigenvalue weighted by molar-refractivity contribution is 5.94. The minimum Gasteiger partial charge on any atom is -0.428 e. The van der Waals surface area contributed by atoms with E-state index in [4.69, 9.17) is 9.47 Å². The van der Waals surface area contributed by atoms with Gasteiger partial charge in [-0.1, -0.05) is 30.4 Å². The van der Waals surface area contributed by atoms with Crippen LogP contribution in [0.15, 0.2) is 42.5 Å².